The molecule has 2 nitrogen and oxygen atoms in total. The molecule has 0 bridgehead atoms. The number of rotatable bonds is 2. The molecule has 0 spiro atoms. The third-order valence-electron chi connectivity index (χ3n) is 3.37. The van der Waals surface area contributed by atoms with E-state index in [2.05, 4.69) is 24.3 Å². The van der Waals surface area contributed by atoms with Crippen molar-refractivity contribution in [3.8, 4) is 0 Å². The molecule has 1 aliphatic rings. The van der Waals surface area contributed by atoms with Crippen molar-refractivity contribution in [2.24, 2.45) is 0 Å². The summed E-state index contributed by atoms with van der Waals surface area (Å²) < 4.78 is 0.960. The van der Waals surface area contributed by atoms with Crippen LogP contribution in [0.15, 0.2) is 53.7 Å². The lowest BCUT2D eigenvalue weighted by Gasteiger charge is -2.24. The molecule has 1 heterocycles. The Hall–Kier alpha value is -1.48. The zero-order valence-corrected chi connectivity index (χ0v) is 10.9. The van der Waals surface area contributed by atoms with Crippen LogP contribution >= 0.6 is 11.8 Å². The first-order valence-electron chi connectivity index (χ1n) is 6.27. The average Bonchev–Trinajstić information content (AvgIpc) is 2.42. The van der Waals surface area contributed by atoms with Crippen LogP contribution in [0.3, 0.4) is 0 Å². The van der Waals surface area contributed by atoms with Crippen molar-refractivity contribution in [2.75, 3.05) is 0 Å². The van der Waals surface area contributed by atoms with Crippen molar-refractivity contribution in [2.45, 2.75) is 29.5 Å². The molecule has 18 heavy (non-hydrogen) atoms. The molecule has 0 N–H and O–H groups in total. The van der Waals surface area contributed by atoms with Gasteiger partial charge in [0.1, 0.15) is 0 Å². The van der Waals surface area contributed by atoms with Gasteiger partial charge in [0.25, 0.3) is 5.03 Å². The van der Waals surface area contributed by atoms with E-state index in [1.807, 2.05) is 12.1 Å². The van der Waals surface area contributed by atoms with Crippen LogP contribution in [0.2, 0.25) is 0 Å². The lowest BCUT2D eigenvalue weighted by molar-refractivity contribution is -0.645. The maximum Gasteiger partial charge on any atom is 0.251 e. The number of nitrogens with zero attached hydrogens (tertiary/aromatic N) is 1. The Morgan fingerprint density at radius 1 is 1.11 bits per heavy atom. The van der Waals surface area contributed by atoms with Gasteiger partial charge in [-0.2, -0.15) is 4.73 Å². The summed E-state index contributed by atoms with van der Waals surface area (Å²) >= 11 is 1.68. The molecule has 1 atom stereocenters. The molecule has 1 aromatic heterocycles. The monoisotopic (exact) mass is 257 g/mol. The van der Waals surface area contributed by atoms with Gasteiger partial charge in [-0.1, -0.05) is 24.3 Å². The lowest BCUT2D eigenvalue weighted by Crippen LogP contribution is -2.28. The van der Waals surface area contributed by atoms with Gasteiger partial charge in [-0.05, 0) is 48.2 Å². The minimum Gasteiger partial charge on any atom is -0.618 e. The van der Waals surface area contributed by atoms with E-state index in [0.717, 1.165) is 16.2 Å². The van der Waals surface area contributed by atoms with Crippen LogP contribution in [-0.4, -0.2) is 0 Å². The number of aromatic nitrogens is 1. The Morgan fingerprint density at radius 2 is 1.94 bits per heavy atom. The van der Waals surface area contributed by atoms with Crippen molar-refractivity contribution < 1.29 is 4.73 Å². The number of pyridine rings is 1. The zero-order chi connectivity index (χ0) is 12.4. The molecule has 2 aromatic rings. The molecule has 0 saturated heterocycles. The van der Waals surface area contributed by atoms with Crippen LogP contribution in [0, 0.1) is 5.21 Å². The number of thioether (sulfide) groups is 1. The van der Waals surface area contributed by atoms with E-state index in [1.165, 1.54) is 24.0 Å². The molecule has 92 valence electrons. The number of fused-ring (bicyclic) bond motifs is 1. The number of hydrogen-bond donors (Lipinski definition) is 0. The molecule has 1 unspecified atom stereocenters. The van der Waals surface area contributed by atoms with E-state index in [1.54, 1.807) is 24.0 Å². The summed E-state index contributed by atoms with van der Waals surface area (Å²) in [6.07, 6.45) is 5.09. The Balaban J connectivity index is 1.89. The highest BCUT2D eigenvalue weighted by Crippen LogP contribution is 2.42. The zero-order valence-electron chi connectivity index (χ0n) is 10.1. The highest BCUT2D eigenvalue weighted by Gasteiger charge is 2.23. The molecular weight excluding hydrogens is 242 g/mol. The molecule has 0 aliphatic heterocycles. The van der Waals surface area contributed by atoms with E-state index >= 15 is 0 Å². The fraction of sp³-hybridized carbons (Fsp3) is 0.267. The fourth-order valence-electron chi connectivity index (χ4n) is 2.48. The van der Waals surface area contributed by atoms with Crippen molar-refractivity contribution in [1.29, 1.82) is 0 Å². The first-order chi connectivity index (χ1) is 8.84. The van der Waals surface area contributed by atoms with Gasteiger partial charge in [0, 0.05) is 17.4 Å². The second-order valence-electron chi connectivity index (χ2n) is 4.56. The van der Waals surface area contributed by atoms with Crippen LogP contribution in [0.5, 0.6) is 0 Å². The van der Waals surface area contributed by atoms with E-state index < -0.39 is 0 Å². The number of benzene rings is 1. The molecule has 3 heteroatoms. The van der Waals surface area contributed by atoms with Crippen molar-refractivity contribution >= 4 is 11.8 Å². The molecular formula is C15H15NOS. The average molecular weight is 257 g/mol. The van der Waals surface area contributed by atoms with Gasteiger partial charge in [-0.25, -0.2) is 0 Å². The maximum atomic E-state index is 11.7. The predicted molar refractivity (Wildman–Crippen MR) is 73.4 cm³/mol. The van der Waals surface area contributed by atoms with Crippen LogP contribution in [0.1, 0.15) is 29.2 Å². The highest BCUT2D eigenvalue weighted by molar-refractivity contribution is 7.99. The maximum absolute atomic E-state index is 11.7. The van der Waals surface area contributed by atoms with Crippen LogP contribution in [0.4, 0.5) is 0 Å². The lowest BCUT2D eigenvalue weighted by atomic mass is 9.91. The summed E-state index contributed by atoms with van der Waals surface area (Å²) in [5.74, 6) is 0. The molecule has 0 fully saturated rings. The highest BCUT2D eigenvalue weighted by atomic mass is 32.2. The summed E-state index contributed by atoms with van der Waals surface area (Å²) in [5.41, 5.74) is 2.84. The molecule has 0 radical (unpaired) electrons. The van der Waals surface area contributed by atoms with E-state index in [0.29, 0.717) is 5.25 Å². The standard InChI is InChI=1S/C15H15NOS/c17-16-11-4-3-10-15(16)18-14-9-5-7-12-6-1-2-8-13(12)14/h1-4,6,8,10-11,14H,5,7,9H2. The van der Waals surface area contributed by atoms with Crippen molar-refractivity contribution in [1.82, 2.24) is 0 Å². The Morgan fingerprint density at radius 3 is 2.83 bits per heavy atom. The van der Waals surface area contributed by atoms with E-state index in [9.17, 15) is 5.21 Å². The molecule has 3 rings (SSSR count). The van der Waals surface area contributed by atoms with Crippen molar-refractivity contribution in [3.63, 3.8) is 0 Å². The second kappa shape index (κ2) is 5.02. The summed E-state index contributed by atoms with van der Waals surface area (Å²) in [6, 6.07) is 14.2. The second-order valence-corrected chi connectivity index (χ2v) is 5.79. The SMILES string of the molecule is [O-][n+]1ccccc1SC1CCCc2ccccc21. The van der Waals surface area contributed by atoms with E-state index in [-0.39, 0.29) is 0 Å². The van der Waals surface area contributed by atoms with Crippen LogP contribution in [-0.2, 0) is 6.42 Å². The van der Waals surface area contributed by atoms with Gasteiger partial charge in [0.15, 0.2) is 6.20 Å². The number of aryl methyl sites for hydroxylation is 1. The summed E-state index contributed by atoms with van der Waals surface area (Å²) in [5, 5.41) is 12.9. The third kappa shape index (κ3) is 2.23. The van der Waals surface area contributed by atoms with Gasteiger partial charge >= 0.3 is 0 Å². The smallest absolute Gasteiger partial charge is 0.251 e. The van der Waals surface area contributed by atoms with Gasteiger partial charge in [-0.3, -0.25) is 0 Å². The topological polar surface area (TPSA) is 26.9 Å². The number of hydrogen-bond acceptors (Lipinski definition) is 2. The Labute approximate surface area is 111 Å². The Kier molecular flexibility index (Phi) is 3.24. The minimum absolute atomic E-state index is 0.414. The van der Waals surface area contributed by atoms with Gasteiger partial charge in [0.05, 0.1) is 0 Å². The predicted octanol–water partition coefficient (Wildman–Crippen LogP) is 3.49. The fourth-order valence-corrected chi connectivity index (χ4v) is 3.74. The van der Waals surface area contributed by atoms with Gasteiger partial charge in [0.2, 0.25) is 0 Å². The first-order valence-corrected chi connectivity index (χ1v) is 7.15. The molecule has 1 aromatic carbocycles. The summed E-state index contributed by atoms with van der Waals surface area (Å²) in [4.78, 5) is 0. The van der Waals surface area contributed by atoms with E-state index in [4.69, 9.17) is 0 Å². The first kappa shape index (κ1) is 11.6. The minimum atomic E-state index is 0.414. The molecule has 0 amide bonds. The molecule has 1 aliphatic carbocycles. The third-order valence-corrected chi connectivity index (χ3v) is 4.70. The van der Waals surface area contributed by atoms with Crippen LogP contribution in [0.25, 0.3) is 0 Å². The Bertz CT molecular complexity index is 556. The van der Waals surface area contributed by atoms with Gasteiger partial charge < -0.3 is 5.21 Å². The van der Waals surface area contributed by atoms with Crippen molar-refractivity contribution in [3.05, 3.63) is 65.0 Å². The quantitative estimate of drug-likeness (QED) is 0.608. The molecule has 0 saturated carbocycles. The summed E-state index contributed by atoms with van der Waals surface area (Å²) in [6.45, 7) is 0. The summed E-state index contributed by atoms with van der Waals surface area (Å²) in [7, 11) is 0. The largest absolute Gasteiger partial charge is 0.618 e. The normalized spacial score (nSPS) is 18.3. The van der Waals surface area contributed by atoms with Crippen LogP contribution < -0.4 is 4.73 Å². The van der Waals surface area contributed by atoms with Gasteiger partial charge in [-0.15, -0.1) is 0 Å².